The lowest BCUT2D eigenvalue weighted by Crippen LogP contribution is -2.14. The number of nitrogens with zero attached hydrogens (tertiary/aromatic N) is 2. The van der Waals surface area contributed by atoms with Gasteiger partial charge in [0.1, 0.15) is 11.6 Å². The van der Waals surface area contributed by atoms with E-state index in [-0.39, 0.29) is 5.69 Å². The number of aryl methyl sites for hydroxylation is 1. The van der Waals surface area contributed by atoms with Crippen LogP contribution in [0.1, 0.15) is 68.3 Å². The molecule has 5 heteroatoms. The summed E-state index contributed by atoms with van der Waals surface area (Å²) < 4.78 is 7.04. The van der Waals surface area contributed by atoms with E-state index in [4.69, 9.17) is 10.5 Å². The first-order chi connectivity index (χ1) is 9.54. The minimum atomic E-state index is -0.422. The maximum atomic E-state index is 11.9. The number of hydrogen-bond acceptors (Lipinski definition) is 4. The number of esters is 1. The molecule has 0 saturated heterocycles. The molecule has 0 bridgehead atoms. The number of ether oxygens (including phenoxy) is 1. The average Bonchev–Trinajstić information content (AvgIpc) is 2.57. The molecule has 2 unspecified atom stereocenters. The maximum Gasteiger partial charge on any atom is 0.360 e. The number of carbonyl (C=O) groups excluding carboxylic acids is 1. The van der Waals surface area contributed by atoms with Crippen LogP contribution in [0.2, 0.25) is 0 Å². The van der Waals surface area contributed by atoms with Crippen molar-refractivity contribution in [3.05, 3.63) is 11.5 Å². The third-order valence-corrected chi connectivity index (χ3v) is 4.19. The number of aromatic nitrogens is 2. The van der Waals surface area contributed by atoms with Crippen molar-refractivity contribution in [2.75, 3.05) is 12.3 Å². The van der Waals surface area contributed by atoms with Crippen molar-refractivity contribution >= 4 is 11.8 Å². The molecular weight excluding hydrogens is 254 g/mol. The zero-order valence-electron chi connectivity index (χ0n) is 12.7. The fraction of sp³-hybridized carbons (Fsp3) is 0.733. The normalized spacial score (nSPS) is 23.4. The monoisotopic (exact) mass is 279 g/mol. The van der Waals surface area contributed by atoms with E-state index < -0.39 is 5.97 Å². The second kappa shape index (κ2) is 6.29. The van der Waals surface area contributed by atoms with Crippen LogP contribution in [0.5, 0.6) is 0 Å². The molecule has 0 aromatic carbocycles. The van der Waals surface area contributed by atoms with E-state index in [1.54, 1.807) is 6.92 Å². The van der Waals surface area contributed by atoms with E-state index in [0.717, 1.165) is 24.6 Å². The van der Waals surface area contributed by atoms with Gasteiger partial charge >= 0.3 is 5.97 Å². The Morgan fingerprint density at radius 3 is 2.85 bits per heavy atom. The molecular formula is C15H25N3O2. The highest BCUT2D eigenvalue weighted by Gasteiger charge is 2.25. The molecule has 1 aliphatic rings. The number of anilines is 1. The lowest BCUT2D eigenvalue weighted by molar-refractivity contribution is 0.0521. The topological polar surface area (TPSA) is 70.1 Å². The van der Waals surface area contributed by atoms with E-state index in [1.807, 2.05) is 11.5 Å². The second-order valence-corrected chi connectivity index (χ2v) is 5.75. The molecule has 2 atom stereocenters. The van der Waals surface area contributed by atoms with Crippen LogP contribution in [0.15, 0.2) is 0 Å². The van der Waals surface area contributed by atoms with E-state index >= 15 is 0 Å². The number of rotatable bonds is 3. The van der Waals surface area contributed by atoms with Crippen LogP contribution in [-0.2, 0) is 4.74 Å². The van der Waals surface area contributed by atoms with Gasteiger partial charge in [0.2, 0.25) is 0 Å². The maximum absolute atomic E-state index is 11.9. The largest absolute Gasteiger partial charge is 0.461 e. The summed E-state index contributed by atoms with van der Waals surface area (Å²) in [6, 6.07) is 0.357. The third-order valence-electron chi connectivity index (χ3n) is 4.19. The van der Waals surface area contributed by atoms with Gasteiger partial charge in [0.05, 0.1) is 6.61 Å². The van der Waals surface area contributed by atoms with Gasteiger partial charge in [-0.15, -0.1) is 0 Å². The predicted molar refractivity (Wildman–Crippen MR) is 78.6 cm³/mol. The third kappa shape index (κ3) is 2.97. The van der Waals surface area contributed by atoms with Gasteiger partial charge in [0.25, 0.3) is 0 Å². The molecule has 1 aromatic rings. The van der Waals surface area contributed by atoms with Crippen molar-refractivity contribution in [1.82, 2.24) is 9.55 Å². The molecule has 1 heterocycles. The number of nitrogen functional groups attached to an aromatic ring is 1. The van der Waals surface area contributed by atoms with E-state index in [0.29, 0.717) is 18.5 Å². The van der Waals surface area contributed by atoms with E-state index in [1.165, 1.54) is 19.3 Å². The summed E-state index contributed by atoms with van der Waals surface area (Å²) in [5.74, 6) is 1.62. The Balaban J connectivity index is 2.25. The molecule has 0 aliphatic heterocycles. The minimum Gasteiger partial charge on any atom is -0.461 e. The number of nitrogens with two attached hydrogens (primary N) is 1. The molecule has 5 nitrogen and oxygen atoms in total. The molecule has 1 saturated carbocycles. The smallest absolute Gasteiger partial charge is 0.360 e. The Kier molecular flexibility index (Phi) is 4.68. The van der Waals surface area contributed by atoms with Crippen LogP contribution in [0.4, 0.5) is 5.82 Å². The molecule has 112 valence electrons. The Morgan fingerprint density at radius 2 is 2.15 bits per heavy atom. The zero-order chi connectivity index (χ0) is 14.7. The van der Waals surface area contributed by atoms with Crippen molar-refractivity contribution < 1.29 is 9.53 Å². The van der Waals surface area contributed by atoms with Gasteiger partial charge < -0.3 is 15.0 Å². The van der Waals surface area contributed by atoms with Crippen LogP contribution in [0, 0.1) is 12.8 Å². The molecule has 1 aromatic heterocycles. The van der Waals surface area contributed by atoms with Crippen molar-refractivity contribution in [1.29, 1.82) is 0 Å². The average molecular weight is 279 g/mol. The summed E-state index contributed by atoms with van der Waals surface area (Å²) in [5.41, 5.74) is 6.42. The Morgan fingerprint density at radius 1 is 1.40 bits per heavy atom. The predicted octanol–water partition coefficient (Wildman–Crippen LogP) is 3.09. The molecule has 2 N–H and O–H groups in total. The van der Waals surface area contributed by atoms with Crippen LogP contribution in [-0.4, -0.2) is 22.1 Å². The van der Waals surface area contributed by atoms with Crippen LogP contribution in [0.25, 0.3) is 0 Å². The highest BCUT2D eigenvalue weighted by Crippen LogP contribution is 2.33. The molecule has 0 radical (unpaired) electrons. The van der Waals surface area contributed by atoms with Gasteiger partial charge in [-0.3, -0.25) is 0 Å². The molecule has 0 amide bonds. The SMILES string of the molecule is CCOC(=O)c1nc(C)n(C2CCCC(C)CC2)c1N. The van der Waals surface area contributed by atoms with Gasteiger partial charge in [-0.25, -0.2) is 9.78 Å². The van der Waals surface area contributed by atoms with Crippen LogP contribution < -0.4 is 5.73 Å². The number of carbonyl (C=O) groups is 1. The fourth-order valence-electron chi connectivity index (χ4n) is 3.10. The summed E-state index contributed by atoms with van der Waals surface area (Å²) >= 11 is 0. The van der Waals surface area contributed by atoms with Gasteiger partial charge in [-0.2, -0.15) is 0 Å². The Labute approximate surface area is 120 Å². The summed E-state index contributed by atoms with van der Waals surface area (Å²) in [5, 5.41) is 0. The van der Waals surface area contributed by atoms with E-state index in [2.05, 4.69) is 11.9 Å². The highest BCUT2D eigenvalue weighted by atomic mass is 16.5. The summed E-state index contributed by atoms with van der Waals surface area (Å²) in [7, 11) is 0. The first-order valence-electron chi connectivity index (χ1n) is 7.56. The standard InChI is InChI=1S/C15H25N3O2/c1-4-20-15(19)13-14(16)18(11(3)17-13)12-7-5-6-10(2)8-9-12/h10,12H,4-9,16H2,1-3H3. The van der Waals surface area contributed by atoms with Crippen molar-refractivity contribution in [3.63, 3.8) is 0 Å². The Bertz CT molecular complexity index is 482. The van der Waals surface area contributed by atoms with Gasteiger partial charge in [-0.05, 0) is 39.0 Å². The van der Waals surface area contributed by atoms with Crippen molar-refractivity contribution in [2.45, 2.75) is 58.9 Å². The molecule has 0 spiro atoms. The van der Waals surface area contributed by atoms with Gasteiger partial charge in [0.15, 0.2) is 5.69 Å². The summed E-state index contributed by atoms with van der Waals surface area (Å²) in [6.45, 7) is 6.33. The first-order valence-corrected chi connectivity index (χ1v) is 7.56. The minimum absolute atomic E-state index is 0.265. The highest BCUT2D eigenvalue weighted by molar-refractivity contribution is 5.92. The first kappa shape index (κ1) is 14.9. The van der Waals surface area contributed by atoms with Crippen molar-refractivity contribution in [3.8, 4) is 0 Å². The number of hydrogen-bond donors (Lipinski definition) is 1. The summed E-state index contributed by atoms with van der Waals surface area (Å²) in [6.07, 6.45) is 5.89. The lowest BCUT2D eigenvalue weighted by Gasteiger charge is -2.19. The van der Waals surface area contributed by atoms with Crippen LogP contribution >= 0.6 is 0 Å². The fourth-order valence-corrected chi connectivity index (χ4v) is 3.10. The quantitative estimate of drug-likeness (QED) is 0.682. The lowest BCUT2D eigenvalue weighted by atomic mass is 10.0. The second-order valence-electron chi connectivity index (χ2n) is 5.75. The number of imidazole rings is 1. The van der Waals surface area contributed by atoms with Gasteiger partial charge in [-0.1, -0.05) is 19.8 Å². The van der Waals surface area contributed by atoms with Crippen molar-refractivity contribution in [2.24, 2.45) is 5.92 Å². The molecule has 20 heavy (non-hydrogen) atoms. The van der Waals surface area contributed by atoms with Crippen LogP contribution in [0.3, 0.4) is 0 Å². The Hall–Kier alpha value is -1.52. The molecule has 2 rings (SSSR count). The van der Waals surface area contributed by atoms with Gasteiger partial charge in [0, 0.05) is 6.04 Å². The molecule has 1 fully saturated rings. The zero-order valence-corrected chi connectivity index (χ0v) is 12.7. The summed E-state index contributed by atoms with van der Waals surface area (Å²) in [4.78, 5) is 16.2. The van der Waals surface area contributed by atoms with E-state index in [9.17, 15) is 4.79 Å². The molecule has 1 aliphatic carbocycles.